The van der Waals surface area contributed by atoms with E-state index in [1.165, 1.54) is 6.07 Å². The Balaban J connectivity index is 2.27. The van der Waals surface area contributed by atoms with Gasteiger partial charge in [0.1, 0.15) is 5.82 Å². The summed E-state index contributed by atoms with van der Waals surface area (Å²) in [5.74, 6) is -0.211. The number of halogens is 2. The largest absolute Gasteiger partial charge is 0.326 e. The summed E-state index contributed by atoms with van der Waals surface area (Å²) in [6.07, 6.45) is 0. The monoisotopic (exact) mass is 285 g/mol. The van der Waals surface area contributed by atoms with Crippen LogP contribution in [0.4, 0.5) is 4.39 Å². The average Bonchev–Trinajstić information content (AvgIpc) is 2.49. The third-order valence-corrected chi connectivity index (χ3v) is 3.82. The number of hydrogen-bond donors (Lipinski definition) is 1. The lowest BCUT2D eigenvalue weighted by Crippen LogP contribution is -1.97. The van der Waals surface area contributed by atoms with Crippen molar-refractivity contribution in [1.29, 1.82) is 0 Å². The van der Waals surface area contributed by atoms with Crippen LogP contribution in [0.15, 0.2) is 54.6 Å². The molecule has 0 heterocycles. The minimum absolute atomic E-state index is 0.211. The van der Waals surface area contributed by atoms with E-state index in [0.29, 0.717) is 17.0 Å². The summed E-state index contributed by atoms with van der Waals surface area (Å²) in [7, 11) is 0. The lowest BCUT2D eigenvalue weighted by Gasteiger charge is -2.10. The van der Waals surface area contributed by atoms with Crippen molar-refractivity contribution in [3.05, 3.63) is 71.0 Å². The van der Waals surface area contributed by atoms with E-state index in [9.17, 15) is 4.39 Å². The Morgan fingerprint density at radius 3 is 2.45 bits per heavy atom. The maximum atomic E-state index is 13.9. The molecule has 0 aliphatic heterocycles. The average molecular weight is 286 g/mol. The molecule has 0 aliphatic rings. The van der Waals surface area contributed by atoms with Gasteiger partial charge >= 0.3 is 0 Å². The van der Waals surface area contributed by atoms with E-state index >= 15 is 0 Å². The molecule has 100 valence electrons. The molecule has 0 spiro atoms. The zero-order valence-electron chi connectivity index (χ0n) is 10.7. The van der Waals surface area contributed by atoms with Gasteiger partial charge in [0.15, 0.2) is 0 Å². The van der Waals surface area contributed by atoms with E-state index in [0.717, 1.165) is 22.1 Å². The van der Waals surface area contributed by atoms with Gasteiger partial charge in [-0.2, -0.15) is 0 Å². The lowest BCUT2D eigenvalue weighted by atomic mass is 9.97. The molecule has 0 radical (unpaired) electrons. The highest BCUT2D eigenvalue weighted by Gasteiger charge is 2.08. The minimum atomic E-state index is -0.211. The van der Waals surface area contributed by atoms with Crippen LogP contribution in [-0.4, -0.2) is 0 Å². The van der Waals surface area contributed by atoms with Crippen molar-refractivity contribution in [3.63, 3.8) is 0 Å². The lowest BCUT2D eigenvalue weighted by molar-refractivity contribution is 0.640. The molecule has 0 aliphatic carbocycles. The Morgan fingerprint density at radius 2 is 1.70 bits per heavy atom. The minimum Gasteiger partial charge on any atom is -0.326 e. The van der Waals surface area contributed by atoms with Crippen LogP contribution in [0, 0.1) is 5.82 Å². The van der Waals surface area contributed by atoms with E-state index in [4.69, 9.17) is 17.3 Å². The molecule has 0 saturated carbocycles. The van der Waals surface area contributed by atoms with Gasteiger partial charge in [-0.15, -0.1) is 0 Å². The van der Waals surface area contributed by atoms with Crippen LogP contribution in [0.1, 0.15) is 5.56 Å². The SMILES string of the molecule is NCc1cc(-c2ccc(F)c3ccccc23)ccc1Cl. The van der Waals surface area contributed by atoms with E-state index < -0.39 is 0 Å². The van der Waals surface area contributed by atoms with Crippen molar-refractivity contribution in [2.24, 2.45) is 5.73 Å². The maximum Gasteiger partial charge on any atom is 0.131 e. The fraction of sp³-hybridized carbons (Fsp3) is 0.0588. The predicted octanol–water partition coefficient (Wildman–Crippen LogP) is 4.76. The Morgan fingerprint density at radius 1 is 0.950 bits per heavy atom. The Labute approximate surface area is 121 Å². The standard InChI is InChI=1S/C17H13ClFN/c18-16-7-5-11(9-12(16)10-20)13-6-8-17(19)15-4-2-1-3-14(13)15/h1-9H,10,20H2. The van der Waals surface area contributed by atoms with Gasteiger partial charge in [-0.1, -0.05) is 48.0 Å². The topological polar surface area (TPSA) is 26.0 Å². The van der Waals surface area contributed by atoms with Crippen LogP contribution in [0.3, 0.4) is 0 Å². The Hall–Kier alpha value is -1.90. The highest BCUT2D eigenvalue weighted by atomic mass is 35.5. The highest BCUT2D eigenvalue weighted by Crippen LogP contribution is 2.32. The molecule has 0 saturated heterocycles. The molecule has 2 N–H and O–H groups in total. The molecule has 3 aromatic rings. The van der Waals surface area contributed by atoms with Crippen LogP contribution < -0.4 is 5.73 Å². The Bertz CT molecular complexity index is 783. The first-order valence-electron chi connectivity index (χ1n) is 6.37. The third kappa shape index (κ3) is 2.17. The Kier molecular flexibility index (Phi) is 3.43. The molecule has 3 heteroatoms. The summed E-state index contributed by atoms with van der Waals surface area (Å²) in [6, 6.07) is 16.5. The molecular formula is C17H13ClFN. The second kappa shape index (κ2) is 5.23. The predicted molar refractivity (Wildman–Crippen MR) is 82.2 cm³/mol. The normalized spacial score (nSPS) is 10.9. The molecule has 0 bridgehead atoms. The summed E-state index contributed by atoms with van der Waals surface area (Å²) in [4.78, 5) is 0. The zero-order valence-corrected chi connectivity index (χ0v) is 11.5. The zero-order chi connectivity index (χ0) is 14.1. The van der Waals surface area contributed by atoms with Crippen LogP contribution in [0.5, 0.6) is 0 Å². The number of fused-ring (bicyclic) bond motifs is 1. The van der Waals surface area contributed by atoms with Crippen LogP contribution in [0.2, 0.25) is 5.02 Å². The molecule has 20 heavy (non-hydrogen) atoms. The van der Waals surface area contributed by atoms with Crippen LogP contribution in [-0.2, 0) is 6.54 Å². The van der Waals surface area contributed by atoms with Gasteiger partial charge in [-0.25, -0.2) is 4.39 Å². The fourth-order valence-corrected chi connectivity index (χ4v) is 2.61. The molecule has 3 aromatic carbocycles. The summed E-state index contributed by atoms with van der Waals surface area (Å²) >= 11 is 6.09. The highest BCUT2D eigenvalue weighted by molar-refractivity contribution is 6.31. The number of benzene rings is 3. The van der Waals surface area contributed by atoms with Gasteiger partial charge in [0.05, 0.1) is 0 Å². The first-order chi connectivity index (χ1) is 9.70. The smallest absolute Gasteiger partial charge is 0.131 e. The van der Waals surface area contributed by atoms with Gasteiger partial charge in [0.25, 0.3) is 0 Å². The summed E-state index contributed by atoms with van der Waals surface area (Å²) in [5.41, 5.74) is 8.55. The molecule has 3 rings (SSSR count). The van der Waals surface area contributed by atoms with E-state index in [2.05, 4.69) is 0 Å². The summed E-state index contributed by atoms with van der Waals surface area (Å²) in [5, 5.41) is 2.16. The molecule has 0 amide bonds. The maximum absolute atomic E-state index is 13.9. The van der Waals surface area contributed by atoms with Crippen LogP contribution >= 0.6 is 11.6 Å². The molecule has 0 aromatic heterocycles. The van der Waals surface area contributed by atoms with Gasteiger partial charge in [0, 0.05) is 17.0 Å². The van der Waals surface area contributed by atoms with Crippen molar-refractivity contribution >= 4 is 22.4 Å². The molecule has 0 unspecified atom stereocenters. The van der Waals surface area contributed by atoms with Crippen molar-refractivity contribution in [2.75, 3.05) is 0 Å². The molecule has 0 atom stereocenters. The second-order valence-corrected chi connectivity index (χ2v) is 5.06. The van der Waals surface area contributed by atoms with E-state index in [1.54, 1.807) is 12.1 Å². The fourth-order valence-electron chi connectivity index (χ4n) is 2.41. The van der Waals surface area contributed by atoms with Crippen LogP contribution in [0.25, 0.3) is 21.9 Å². The van der Waals surface area contributed by atoms with Gasteiger partial charge < -0.3 is 5.73 Å². The van der Waals surface area contributed by atoms with Crippen molar-refractivity contribution < 1.29 is 4.39 Å². The molecular weight excluding hydrogens is 273 g/mol. The van der Waals surface area contributed by atoms with Crippen molar-refractivity contribution in [3.8, 4) is 11.1 Å². The summed E-state index contributed by atoms with van der Waals surface area (Å²) < 4.78 is 13.9. The third-order valence-electron chi connectivity index (χ3n) is 3.45. The molecule has 1 nitrogen and oxygen atoms in total. The summed E-state index contributed by atoms with van der Waals surface area (Å²) in [6.45, 7) is 0.381. The first kappa shape index (κ1) is 13.1. The van der Waals surface area contributed by atoms with E-state index in [-0.39, 0.29) is 5.82 Å². The number of rotatable bonds is 2. The quantitative estimate of drug-likeness (QED) is 0.722. The van der Waals surface area contributed by atoms with Crippen molar-refractivity contribution in [2.45, 2.75) is 6.54 Å². The number of hydrogen-bond acceptors (Lipinski definition) is 1. The van der Waals surface area contributed by atoms with Crippen molar-refractivity contribution in [1.82, 2.24) is 0 Å². The first-order valence-corrected chi connectivity index (χ1v) is 6.74. The second-order valence-electron chi connectivity index (χ2n) is 4.65. The number of nitrogens with two attached hydrogens (primary N) is 1. The van der Waals surface area contributed by atoms with Gasteiger partial charge in [-0.05, 0) is 40.3 Å². The van der Waals surface area contributed by atoms with E-state index in [1.807, 2.05) is 36.4 Å². The van der Waals surface area contributed by atoms with Gasteiger partial charge in [0.2, 0.25) is 0 Å². The van der Waals surface area contributed by atoms with Gasteiger partial charge in [-0.3, -0.25) is 0 Å². The molecule has 0 fully saturated rings.